The van der Waals surface area contributed by atoms with Crippen LogP contribution < -0.4 is 0 Å². The molecule has 0 amide bonds. The first-order valence-corrected chi connectivity index (χ1v) is 11.2. The molecule has 2 heterocycles. The number of phenolic OH excluding ortho intramolecular Hbond substituents is 1. The molecule has 10 atom stereocenters. The third-order valence-electron chi connectivity index (χ3n) is 6.89. The topological polar surface area (TPSA) is 192 Å². The van der Waals surface area contributed by atoms with Gasteiger partial charge in [0, 0.05) is 17.8 Å². The van der Waals surface area contributed by atoms with Crippen molar-refractivity contribution in [2.75, 3.05) is 6.61 Å². The molecule has 12 heteroatoms. The van der Waals surface area contributed by atoms with Crippen LogP contribution in [0.4, 0.5) is 0 Å². The molecule has 0 bridgehead atoms. The van der Waals surface area contributed by atoms with Gasteiger partial charge < -0.3 is 49.6 Å². The van der Waals surface area contributed by atoms with Gasteiger partial charge in [-0.25, -0.2) is 9.59 Å². The number of benzene rings is 1. The lowest BCUT2D eigenvalue weighted by Crippen LogP contribution is -2.60. The van der Waals surface area contributed by atoms with Gasteiger partial charge in [-0.05, 0) is 24.6 Å². The number of ether oxygens (including phenoxy) is 4. The number of phenols is 1. The molecule has 1 aliphatic carbocycles. The number of carbonyl (C=O) groups is 2. The number of esters is 1. The lowest BCUT2D eigenvalue weighted by atomic mass is 9.83. The van der Waals surface area contributed by atoms with Crippen molar-refractivity contribution in [1.82, 2.24) is 0 Å². The van der Waals surface area contributed by atoms with E-state index in [1.54, 1.807) is 6.92 Å². The minimum Gasteiger partial charge on any atom is -0.508 e. The van der Waals surface area contributed by atoms with Gasteiger partial charge in [-0.3, -0.25) is 0 Å². The third-order valence-corrected chi connectivity index (χ3v) is 6.89. The summed E-state index contributed by atoms with van der Waals surface area (Å²) in [5, 5.41) is 59.0. The second kappa shape index (κ2) is 10.1. The van der Waals surface area contributed by atoms with Crippen molar-refractivity contribution in [1.29, 1.82) is 0 Å². The normalized spacial score (nSPS) is 38.7. The summed E-state index contributed by atoms with van der Waals surface area (Å²) < 4.78 is 22.3. The monoisotopic (exact) mass is 496 g/mol. The maximum Gasteiger partial charge on any atom is 0.338 e. The van der Waals surface area contributed by atoms with E-state index in [9.17, 15) is 40.2 Å². The SMILES string of the molecule is CC1C(OC(=O)c2cccc(O)c2)CC2C(C(=O)O)=COC(OC3OC(CO)C(O)C(O)C3O)C21. The second-order valence-electron chi connectivity index (χ2n) is 8.99. The highest BCUT2D eigenvalue weighted by Crippen LogP contribution is 2.48. The van der Waals surface area contributed by atoms with Gasteiger partial charge in [-0.15, -0.1) is 0 Å². The molecule has 1 aromatic rings. The Labute approximate surface area is 199 Å². The highest BCUT2D eigenvalue weighted by atomic mass is 16.8. The van der Waals surface area contributed by atoms with Crippen molar-refractivity contribution in [3.05, 3.63) is 41.7 Å². The molecule has 2 aliphatic heterocycles. The summed E-state index contributed by atoms with van der Waals surface area (Å²) in [6.45, 7) is 1.10. The average molecular weight is 496 g/mol. The van der Waals surface area contributed by atoms with E-state index in [1.807, 2.05) is 0 Å². The molecular formula is C23H28O12. The largest absolute Gasteiger partial charge is 0.508 e. The van der Waals surface area contributed by atoms with Crippen LogP contribution in [0.5, 0.6) is 5.75 Å². The summed E-state index contributed by atoms with van der Waals surface area (Å²) >= 11 is 0. The van der Waals surface area contributed by atoms with Gasteiger partial charge in [-0.1, -0.05) is 13.0 Å². The second-order valence-corrected chi connectivity index (χ2v) is 8.99. The molecule has 6 N–H and O–H groups in total. The number of hydrogen-bond acceptors (Lipinski definition) is 11. The van der Waals surface area contributed by atoms with Crippen LogP contribution in [-0.2, 0) is 23.7 Å². The molecule has 2 fully saturated rings. The zero-order valence-corrected chi connectivity index (χ0v) is 18.7. The van der Waals surface area contributed by atoms with Gasteiger partial charge in [-0.2, -0.15) is 0 Å². The Hall–Kier alpha value is -2.74. The van der Waals surface area contributed by atoms with Gasteiger partial charge in [0.05, 0.1) is 24.0 Å². The Morgan fingerprint density at radius 2 is 1.86 bits per heavy atom. The minimum absolute atomic E-state index is 0.0357. The number of aliphatic hydroxyl groups is 4. The summed E-state index contributed by atoms with van der Waals surface area (Å²) in [5.74, 6) is -3.74. The number of hydrogen-bond donors (Lipinski definition) is 6. The standard InChI is InChI=1S/C23H28O12/c1-9-14(33-21(31)10-3-2-4-11(25)5-10)6-12-13(20(29)30)8-32-22(16(9)12)35-23-19(28)18(27)17(26)15(7-24)34-23/h2-5,8-9,12,14-19,22-28H,6-7H2,1H3,(H,29,30). The first-order valence-electron chi connectivity index (χ1n) is 11.2. The van der Waals surface area contributed by atoms with Crippen LogP contribution in [0.25, 0.3) is 0 Å². The molecule has 12 nitrogen and oxygen atoms in total. The molecule has 0 aromatic heterocycles. The molecule has 1 saturated carbocycles. The number of fused-ring (bicyclic) bond motifs is 1. The van der Waals surface area contributed by atoms with Gasteiger partial charge in [0.2, 0.25) is 6.29 Å². The molecule has 0 radical (unpaired) electrons. The summed E-state index contributed by atoms with van der Waals surface area (Å²) in [6, 6.07) is 5.64. The van der Waals surface area contributed by atoms with Crippen LogP contribution >= 0.6 is 0 Å². The number of rotatable bonds is 6. The van der Waals surface area contributed by atoms with Crippen LogP contribution in [0.15, 0.2) is 36.1 Å². The van der Waals surface area contributed by atoms with Crippen molar-refractivity contribution < 1.29 is 59.2 Å². The highest BCUT2D eigenvalue weighted by Gasteiger charge is 2.54. The van der Waals surface area contributed by atoms with Gasteiger partial charge in [0.15, 0.2) is 6.29 Å². The summed E-state index contributed by atoms with van der Waals surface area (Å²) in [5.41, 5.74) is 0.0952. The Balaban J connectivity index is 1.54. The molecule has 3 aliphatic rings. The summed E-state index contributed by atoms with van der Waals surface area (Å²) in [4.78, 5) is 24.5. The van der Waals surface area contributed by atoms with E-state index in [1.165, 1.54) is 24.3 Å². The Bertz CT molecular complexity index is 977. The van der Waals surface area contributed by atoms with E-state index >= 15 is 0 Å². The van der Waals surface area contributed by atoms with Crippen LogP contribution in [0.3, 0.4) is 0 Å². The van der Waals surface area contributed by atoms with E-state index in [0.717, 1.165) is 6.26 Å². The van der Waals surface area contributed by atoms with Crippen LogP contribution in [-0.4, -0.2) is 92.3 Å². The number of aliphatic hydroxyl groups excluding tert-OH is 4. The minimum atomic E-state index is -1.67. The fraction of sp³-hybridized carbons (Fsp3) is 0.565. The van der Waals surface area contributed by atoms with Gasteiger partial charge >= 0.3 is 11.9 Å². The zero-order valence-electron chi connectivity index (χ0n) is 18.7. The number of carboxylic acids is 1. The van der Waals surface area contributed by atoms with Crippen molar-refractivity contribution in [3.63, 3.8) is 0 Å². The predicted molar refractivity (Wildman–Crippen MR) is 114 cm³/mol. The average Bonchev–Trinajstić information content (AvgIpc) is 3.15. The maximum atomic E-state index is 12.6. The first-order chi connectivity index (χ1) is 16.6. The number of carbonyl (C=O) groups excluding carboxylic acids is 1. The molecule has 1 aromatic carbocycles. The van der Waals surface area contributed by atoms with E-state index in [-0.39, 0.29) is 23.3 Å². The summed E-state index contributed by atoms with van der Waals surface area (Å²) in [7, 11) is 0. The lowest BCUT2D eigenvalue weighted by Gasteiger charge is -2.43. The predicted octanol–water partition coefficient (Wildman–Crippen LogP) is -0.669. The van der Waals surface area contributed by atoms with Crippen LogP contribution in [0.1, 0.15) is 23.7 Å². The highest BCUT2D eigenvalue weighted by molar-refractivity contribution is 5.90. The van der Waals surface area contributed by atoms with E-state index < -0.39 is 79.4 Å². The fourth-order valence-corrected chi connectivity index (χ4v) is 4.96. The fourth-order valence-electron chi connectivity index (χ4n) is 4.96. The van der Waals surface area contributed by atoms with E-state index in [4.69, 9.17) is 18.9 Å². The third kappa shape index (κ3) is 4.85. The Kier molecular flexibility index (Phi) is 7.31. The molecular weight excluding hydrogens is 468 g/mol. The smallest absolute Gasteiger partial charge is 0.338 e. The number of carboxylic acid groups (broad SMARTS) is 1. The zero-order chi connectivity index (χ0) is 25.4. The summed E-state index contributed by atoms with van der Waals surface area (Å²) in [6.07, 6.45) is -8.26. The molecule has 10 unspecified atom stereocenters. The van der Waals surface area contributed by atoms with Crippen LogP contribution in [0.2, 0.25) is 0 Å². The number of aliphatic carboxylic acids is 1. The Morgan fingerprint density at radius 1 is 1.11 bits per heavy atom. The van der Waals surface area contributed by atoms with E-state index in [2.05, 4.69) is 0 Å². The van der Waals surface area contributed by atoms with E-state index in [0.29, 0.717) is 0 Å². The molecule has 1 saturated heterocycles. The molecule has 192 valence electrons. The van der Waals surface area contributed by atoms with Gasteiger partial charge in [0.25, 0.3) is 0 Å². The lowest BCUT2D eigenvalue weighted by molar-refractivity contribution is -0.342. The van der Waals surface area contributed by atoms with Crippen LogP contribution in [0, 0.1) is 17.8 Å². The first kappa shape index (κ1) is 25.4. The Morgan fingerprint density at radius 3 is 2.51 bits per heavy atom. The van der Waals surface area contributed by atoms with Crippen molar-refractivity contribution in [3.8, 4) is 5.75 Å². The van der Waals surface area contributed by atoms with Gasteiger partial charge in [0.1, 0.15) is 36.3 Å². The van der Waals surface area contributed by atoms with Crippen molar-refractivity contribution in [2.24, 2.45) is 17.8 Å². The van der Waals surface area contributed by atoms with Crippen molar-refractivity contribution in [2.45, 2.75) is 56.4 Å². The maximum absolute atomic E-state index is 12.6. The number of aromatic hydroxyl groups is 1. The van der Waals surface area contributed by atoms with Crippen molar-refractivity contribution >= 4 is 11.9 Å². The molecule has 4 rings (SSSR count). The molecule has 35 heavy (non-hydrogen) atoms. The molecule has 0 spiro atoms. The quantitative estimate of drug-likeness (QED) is 0.273.